The summed E-state index contributed by atoms with van der Waals surface area (Å²) in [6.07, 6.45) is 5.64. The first-order chi connectivity index (χ1) is 10.6. The molecule has 1 aliphatic rings. The fraction of sp³-hybridized carbons (Fsp3) is 0.733. The van der Waals surface area contributed by atoms with Gasteiger partial charge in [0.1, 0.15) is 11.6 Å². The minimum Gasteiger partial charge on any atom is -0.462 e. The third kappa shape index (κ3) is 4.76. The second-order valence-electron chi connectivity index (χ2n) is 5.86. The van der Waals surface area contributed by atoms with Gasteiger partial charge in [0.05, 0.1) is 5.92 Å². The quantitative estimate of drug-likeness (QED) is 0.587. The van der Waals surface area contributed by atoms with Crippen LogP contribution in [0.3, 0.4) is 0 Å². The number of hydrogen-bond donors (Lipinski definition) is 1. The van der Waals surface area contributed by atoms with Crippen LogP contribution in [0.4, 0.5) is 5.13 Å². The Balaban J connectivity index is 1.77. The van der Waals surface area contributed by atoms with Crippen LogP contribution < -0.4 is 5.32 Å². The molecule has 1 fully saturated rings. The Morgan fingerprint density at radius 2 is 2.36 bits per heavy atom. The van der Waals surface area contributed by atoms with Crippen molar-refractivity contribution in [3.05, 3.63) is 5.51 Å². The van der Waals surface area contributed by atoms with Crippen LogP contribution in [-0.2, 0) is 14.3 Å². The summed E-state index contributed by atoms with van der Waals surface area (Å²) >= 11 is 1.28. The van der Waals surface area contributed by atoms with Crippen molar-refractivity contribution in [3.63, 3.8) is 0 Å². The van der Waals surface area contributed by atoms with Crippen LogP contribution in [0.15, 0.2) is 5.51 Å². The summed E-state index contributed by atoms with van der Waals surface area (Å²) in [4.78, 5) is 24.0. The van der Waals surface area contributed by atoms with Gasteiger partial charge in [-0.2, -0.15) is 0 Å². The maximum atomic E-state index is 12.1. The van der Waals surface area contributed by atoms with E-state index in [1.165, 1.54) is 17.8 Å². The average molecular weight is 325 g/mol. The molecule has 1 amide bonds. The topological polar surface area (TPSA) is 81.2 Å². The summed E-state index contributed by atoms with van der Waals surface area (Å²) < 4.78 is 5.42. The molecule has 1 N–H and O–H groups in total. The van der Waals surface area contributed by atoms with Gasteiger partial charge in [-0.25, -0.2) is 0 Å². The molecule has 0 saturated carbocycles. The molecule has 2 rings (SSSR count). The van der Waals surface area contributed by atoms with E-state index in [-0.39, 0.29) is 29.8 Å². The number of carbonyl (C=O) groups is 2. The Morgan fingerprint density at radius 3 is 3.05 bits per heavy atom. The van der Waals surface area contributed by atoms with Crippen molar-refractivity contribution in [1.29, 1.82) is 0 Å². The van der Waals surface area contributed by atoms with E-state index < -0.39 is 0 Å². The van der Waals surface area contributed by atoms with Crippen LogP contribution in [0.5, 0.6) is 0 Å². The number of anilines is 1. The van der Waals surface area contributed by atoms with Crippen LogP contribution in [0, 0.1) is 11.8 Å². The van der Waals surface area contributed by atoms with Crippen molar-refractivity contribution in [2.45, 2.75) is 58.5 Å². The summed E-state index contributed by atoms with van der Waals surface area (Å²) in [5, 5.41) is 10.7. The second kappa shape index (κ2) is 8.22. The van der Waals surface area contributed by atoms with Gasteiger partial charge in [0.25, 0.3) is 0 Å². The largest absolute Gasteiger partial charge is 0.462 e. The number of ether oxygens (including phenoxy) is 1. The lowest BCUT2D eigenvalue weighted by atomic mass is 9.91. The molecule has 0 aliphatic carbocycles. The lowest BCUT2D eigenvalue weighted by Crippen LogP contribution is -2.24. The molecule has 2 heterocycles. The van der Waals surface area contributed by atoms with Crippen LogP contribution in [0.1, 0.15) is 52.4 Å². The molecular formula is C15H23N3O3S. The maximum Gasteiger partial charge on any atom is 0.309 e. The summed E-state index contributed by atoms with van der Waals surface area (Å²) in [5.74, 6) is -0.700. The molecule has 0 unspecified atom stereocenters. The van der Waals surface area contributed by atoms with E-state index in [1.54, 1.807) is 5.51 Å². The van der Waals surface area contributed by atoms with Gasteiger partial charge in [0.2, 0.25) is 11.0 Å². The Labute approximate surface area is 134 Å². The van der Waals surface area contributed by atoms with E-state index >= 15 is 0 Å². The van der Waals surface area contributed by atoms with Crippen molar-refractivity contribution in [1.82, 2.24) is 10.2 Å². The normalized spacial score (nSPS) is 22.4. The SMILES string of the molecule is CCCCC[C@@H]1C[C@@H](C[C@@H](C)C(=O)Nc2nncs2)C(=O)O1. The van der Waals surface area contributed by atoms with Gasteiger partial charge < -0.3 is 10.1 Å². The Bertz CT molecular complexity index is 492. The molecule has 3 atom stereocenters. The Morgan fingerprint density at radius 1 is 1.55 bits per heavy atom. The van der Waals surface area contributed by atoms with Crippen LogP contribution in [-0.4, -0.2) is 28.2 Å². The van der Waals surface area contributed by atoms with Crippen LogP contribution in [0.2, 0.25) is 0 Å². The summed E-state index contributed by atoms with van der Waals surface area (Å²) in [6, 6.07) is 0. The fourth-order valence-electron chi connectivity index (χ4n) is 2.70. The minimum atomic E-state index is -0.254. The molecule has 22 heavy (non-hydrogen) atoms. The van der Waals surface area contributed by atoms with Gasteiger partial charge in [-0.05, 0) is 25.7 Å². The van der Waals surface area contributed by atoms with Crippen molar-refractivity contribution in [2.24, 2.45) is 11.8 Å². The first kappa shape index (κ1) is 16.9. The van der Waals surface area contributed by atoms with E-state index in [0.717, 1.165) is 25.7 Å². The van der Waals surface area contributed by atoms with Gasteiger partial charge in [0.15, 0.2) is 0 Å². The number of amides is 1. The molecular weight excluding hydrogens is 302 g/mol. The van der Waals surface area contributed by atoms with Crippen LogP contribution >= 0.6 is 11.3 Å². The van der Waals surface area contributed by atoms with Gasteiger partial charge in [-0.3, -0.25) is 9.59 Å². The molecule has 1 aromatic heterocycles. The third-order valence-corrected chi connectivity index (χ3v) is 4.58. The highest BCUT2D eigenvalue weighted by Gasteiger charge is 2.35. The zero-order chi connectivity index (χ0) is 15.9. The van der Waals surface area contributed by atoms with E-state index in [2.05, 4.69) is 22.4 Å². The highest BCUT2D eigenvalue weighted by atomic mass is 32.1. The zero-order valence-corrected chi connectivity index (χ0v) is 13.9. The number of cyclic esters (lactones) is 1. The summed E-state index contributed by atoms with van der Waals surface area (Å²) in [6.45, 7) is 3.98. The Kier molecular flexibility index (Phi) is 6.30. The van der Waals surface area contributed by atoms with E-state index in [4.69, 9.17) is 4.74 Å². The minimum absolute atomic E-state index is 0.0301. The second-order valence-corrected chi connectivity index (χ2v) is 6.69. The van der Waals surface area contributed by atoms with Crippen LogP contribution in [0.25, 0.3) is 0 Å². The number of nitrogens with zero attached hydrogens (tertiary/aromatic N) is 2. The standard InChI is InChI=1S/C15H23N3O3S/c1-3-4-5-6-12-8-11(14(20)21-12)7-10(2)13(19)17-15-18-16-9-22-15/h9-12H,3-8H2,1-2H3,(H,17,18,19)/t10-,11-,12-/m1/s1. The van der Waals surface area contributed by atoms with Gasteiger partial charge >= 0.3 is 5.97 Å². The van der Waals surface area contributed by atoms with E-state index in [0.29, 0.717) is 11.6 Å². The number of carbonyl (C=O) groups excluding carboxylic acids is 2. The molecule has 0 spiro atoms. The molecule has 6 nitrogen and oxygen atoms in total. The zero-order valence-electron chi connectivity index (χ0n) is 13.1. The Hall–Kier alpha value is -1.50. The molecule has 1 saturated heterocycles. The molecule has 0 radical (unpaired) electrons. The van der Waals surface area contributed by atoms with Gasteiger partial charge in [-0.1, -0.05) is 38.0 Å². The number of hydrogen-bond acceptors (Lipinski definition) is 6. The smallest absolute Gasteiger partial charge is 0.309 e. The van der Waals surface area contributed by atoms with Crippen molar-refractivity contribution < 1.29 is 14.3 Å². The third-order valence-electron chi connectivity index (χ3n) is 3.97. The predicted octanol–water partition coefficient (Wildman–Crippen LogP) is 3.01. The van der Waals surface area contributed by atoms with Gasteiger partial charge in [-0.15, -0.1) is 10.2 Å². The number of aromatic nitrogens is 2. The molecule has 1 aromatic rings. The molecule has 122 valence electrons. The van der Waals surface area contributed by atoms with E-state index in [1.807, 2.05) is 6.92 Å². The lowest BCUT2D eigenvalue weighted by molar-refractivity contribution is -0.144. The van der Waals surface area contributed by atoms with Crippen molar-refractivity contribution in [2.75, 3.05) is 5.32 Å². The van der Waals surface area contributed by atoms with Crippen molar-refractivity contribution >= 4 is 28.3 Å². The maximum absolute atomic E-state index is 12.1. The molecule has 0 aromatic carbocycles. The number of nitrogens with one attached hydrogen (secondary N) is 1. The predicted molar refractivity (Wildman–Crippen MR) is 84.4 cm³/mol. The monoisotopic (exact) mass is 325 g/mol. The number of unbranched alkanes of at least 4 members (excludes halogenated alkanes) is 2. The highest BCUT2D eigenvalue weighted by molar-refractivity contribution is 7.13. The molecule has 0 bridgehead atoms. The molecule has 1 aliphatic heterocycles. The summed E-state index contributed by atoms with van der Waals surface area (Å²) in [5.41, 5.74) is 1.56. The lowest BCUT2D eigenvalue weighted by Gasteiger charge is -2.12. The average Bonchev–Trinajstić information content (AvgIpc) is 3.10. The highest BCUT2D eigenvalue weighted by Crippen LogP contribution is 2.30. The summed E-state index contributed by atoms with van der Waals surface area (Å²) in [7, 11) is 0. The fourth-order valence-corrected chi connectivity index (χ4v) is 3.15. The van der Waals surface area contributed by atoms with Crippen molar-refractivity contribution in [3.8, 4) is 0 Å². The van der Waals surface area contributed by atoms with E-state index in [9.17, 15) is 9.59 Å². The first-order valence-corrected chi connectivity index (χ1v) is 8.75. The number of esters is 1. The number of rotatable bonds is 8. The van der Waals surface area contributed by atoms with Gasteiger partial charge in [0, 0.05) is 5.92 Å². The molecule has 7 heteroatoms. The first-order valence-electron chi connectivity index (χ1n) is 7.87.